The van der Waals surface area contributed by atoms with Crippen molar-refractivity contribution in [3.8, 4) is 0 Å². The van der Waals surface area contributed by atoms with Crippen LogP contribution in [0.5, 0.6) is 0 Å². The summed E-state index contributed by atoms with van der Waals surface area (Å²) in [5.41, 5.74) is 5.97. The summed E-state index contributed by atoms with van der Waals surface area (Å²) >= 11 is 0. The molecule has 19 heavy (non-hydrogen) atoms. The number of hydrogen-bond acceptors (Lipinski definition) is 7. The van der Waals surface area contributed by atoms with Crippen molar-refractivity contribution in [2.75, 3.05) is 12.3 Å². The van der Waals surface area contributed by atoms with E-state index in [1.807, 2.05) is 0 Å². The van der Waals surface area contributed by atoms with E-state index in [0.717, 1.165) is 0 Å². The molecule has 0 aliphatic carbocycles. The van der Waals surface area contributed by atoms with Gasteiger partial charge in [-0.15, -0.1) is 0 Å². The molecule has 2 rings (SSSR count). The molecule has 0 spiro atoms. The van der Waals surface area contributed by atoms with E-state index < -0.39 is 5.97 Å². The minimum absolute atomic E-state index is 0.128. The van der Waals surface area contributed by atoms with Crippen LogP contribution in [0.4, 0.5) is 5.82 Å². The van der Waals surface area contributed by atoms with Gasteiger partial charge in [0, 0.05) is 13.0 Å². The Hall–Kier alpha value is -2.38. The third-order valence-electron chi connectivity index (χ3n) is 2.48. The van der Waals surface area contributed by atoms with Crippen LogP contribution in [0.25, 0.3) is 0 Å². The fourth-order valence-electron chi connectivity index (χ4n) is 1.58. The van der Waals surface area contributed by atoms with Crippen LogP contribution in [-0.2, 0) is 17.7 Å². The molecule has 2 heterocycles. The maximum atomic E-state index is 11.5. The first-order valence-electron chi connectivity index (χ1n) is 5.88. The van der Waals surface area contributed by atoms with E-state index in [9.17, 15) is 4.79 Å². The predicted molar refractivity (Wildman–Crippen MR) is 65.3 cm³/mol. The van der Waals surface area contributed by atoms with Gasteiger partial charge in [-0.2, -0.15) is 4.98 Å². The number of ether oxygens (including phenoxy) is 1. The van der Waals surface area contributed by atoms with Crippen molar-refractivity contribution < 1.29 is 14.1 Å². The molecule has 2 N–H and O–H groups in total. The molecule has 8 nitrogen and oxygen atoms in total. The molecule has 2 aromatic heterocycles. The second kappa shape index (κ2) is 5.51. The first kappa shape index (κ1) is 13.1. The van der Waals surface area contributed by atoms with Crippen molar-refractivity contribution >= 4 is 11.8 Å². The fourth-order valence-corrected chi connectivity index (χ4v) is 1.58. The maximum absolute atomic E-state index is 11.5. The van der Waals surface area contributed by atoms with Crippen LogP contribution in [0.3, 0.4) is 0 Å². The van der Waals surface area contributed by atoms with Gasteiger partial charge >= 0.3 is 5.97 Å². The Balaban J connectivity index is 2.03. The number of nitrogens with zero attached hydrogens (tertiary/aromatic N) is 4. The van der Waals surface area contributed by atoms with Gasteiger partial charge < -0.3 is 19.6 Å². The van der Waals surface area contributed by atoms with Gasteiger partial charge in [-0.05, 0) is 13.8 Å². The first-order valence-corrected chi connectivity index (χ1v) is 5.88. The van der Waals surface area contributed by atoms with Crippen molar-refractivity contribution in [2.45, 2.75) is 26.8 Å². The standard InChI is InChI=1S/C11H15N5O3/c1-3-18-11(17)9-10(12)16(6-13-9)5-4-8-14-7(2)15-19-8/h6H,3-5,12H2,1-2H3. The molecule has 0 radical (unpaired) electrons. The molecule has 2 aromatic rings. The summed E-state index contributed by atoms with van der Waals surface area (Å²) < 4.78 is 11.5. The second-order valence-electron chi connectivity index (χ2n) is 3.88. The Labute approximate surface area is 109 Å². The fraction of sp³-hybridized carbons (Fsp3) is 0.455. The number of rotatable bonds is 5. The second-order valence-corrected chi connectivity index (χ2v) is 3.88. The van der Waals surface area contributed by atoms with Crippen LogP contribution in [0.15, 0.2) is 10.9 Å². The number of esters is 1. The van der Waals surface area contributed by atoms with Crippen molar-refractivity contribution in [2.24, 2.45) is 0 Å². The summed E-state index contributed by atoms with van der Waals surface area (Å²) in [7, 11) is 0. The number of nitrogen functional groups attached to an aromatic ring is 1. The molecule has 8 heteroatoms. The molecule has 0 unspecified atom stereocenters. The molecule has 0 bridgehead atoms. The van der Waals surface area contributed by atoms with Gasteiger partial charge in [0.1, 0.15) is 5.82 Å². The van der Waals surface area contributed by atoms with Crippen molar-refractivity contribution in [3.05, 3.63) is 23.7 Å². The quantitative estimate of drug-likeness (QED) is 0.787. The van der Waals surface area contributed by atoms with Gasteiger partial charge in [0.05, 0.1) is 12.9 Å². The minimum atomic E-state index is -0.521. The van der Waals surface area contributed by atoms with Crippen LogP contribution in [0.2, 0.25) is 0 Å². The topological polar surface area (TPSA) is 109 Å². The Morgan fingerprint density at radius 3 is 3.00 bits per heavy atom. The molecule has 102 valence electrons. The Morgan fingerprint density at radius 2 is 2.37 bits per heavy atom. The summed E-state index contributed by atoms with van der Waals surface area (Å²) in [5, 5.41) is 3.69. The average molecular weight is 265 g/mol. The predicted octanol–water partition coefficient (Wildman–Crippen LogP) is 0.576. The summed E-state index contributed by atoms with van der Waals surface area (Å²) in [6.07, 6.45) is 2.01. The lowest BCUT2D eigenvalue weighted by molar-refractivity contribution is 0.0521. The number of aryl methyl sites for hydroxylation is 3. The van der Waals surface area contributed by atoms with Gasteiger partial charge in [0.2, 0.25) is 5.89 Å². The highest BCUT2D eigenvalue weighted by Gasteiger charge is 2.17. The van der Waals surface area contributed by atoms with Crippen LogP contribution in [-0.4, -0.2) is 32.3 Å². The molecule has 0 aliphatic rings. The number of imidazole rings is 1. The zero-order valence-corrected chi connectivity index (χ0v) is 10.8. The van der Waals surface area contributed by atoms with Gasteiger partial charge in [0.15, 0.2) is 11.5 Å². The number of nitrogens with two attached hydrogens (primary N) is 1. The summed E-state index contributed by atoms with van der Waals surface area (Å²) in [5.74, 6) is 0.853. The maximum Gasteiger partial charge on any atom is 0.360 e. The molecule has 0 fully saturated rings. The van der Waals surface area contributed by atoms with E-state index in [1.165, 1.54) is 6.33 Å². The van der Waals surface area contributed by atoms with Crippen molar-refractivity contribution in [3.63, 3.8) is 0 Å². The SMILES string of the molecule is CCOC(=O)c1ncn(CCc2nc(C)no2)c1N. The zero-order valence-electron chi connectivity index (χ0n) is 10.8. The normalized spacial score (nSPS) is 10.6. The Bertz CT molecular complexity index is 575. The van der Waals surface area contributed by atoms with Crippen LogP contribution >= 0.6 is 0 Å². The third kappa shape index (κ3) is 2.90. The van der Waals surface area contributed by atoms with Gasteiger partial charge in [-0.3, -0.25) is 0 Å². The summed E-state index contributed by atoms with van der Waals surface area (Å²) in [6, 6.07) is 0. The largest absolute Gasteiger partial charge is 0.461 e. The smallest absolute Gasteiger partial charge is 0.360 e. The van der Waals surface area contributed by atoms with E-state index in [2.05, 4.69) is 15.1 Å². The van der Waals surface area contributed by atoms with E-state index in [0.29, 0.717) is 24.7 Å². The molecule has 0 saturated heterocycles. The molecule has 0 aliphatic heterocycles. The van der Waals surface area contributed by atoms with Crippen molar-refractivity contribution in [1.29, 1.82) is 0 Å². The number of aromatic nitrogens is 4. The summed E-state index contributed by atoms with van der Waals surface area (Å²) in [4.78, 5) is 19.6. The third-order valence-corrected chi connectivity index (χ3v) is 2.48. The zero-order chi connectivity index (χ0) is 13.8. The Kier molecular flexibility index (Phi) is 3.79. The number of hydrogen-bond donors (Lipinski definition) is 1. The van der Waals surface area contributed by atoms with Gasteiger partial charge in [-0.25, -0.2) is 9.78 Å². The number of anilines is 1. The van der Waals surface area contributed by atoms with Crippen LogP contribution in [0, 0.1) is 6.92 Å². The number of carbonyl (C=O) groups is 1. The van der Waals surface area contributed by atoms with E-state index in [1.54, 1.807) is 18.4 Å². The molecule has 0 atom stereocenters. The minimum Gasteiger partial charge on any atom is -0.461 e. The molecular formula is C11H15N5O3. The first-order chi connectivity index (χ1) is 9.11. The summed E-state index contributed by atoms with van der Waals surface area (Å²) in [6.45, 7) is 4.26. The molecular weight excluding hydrogens is 250 g/mol. The van der Waals surface area contributed by atoms with E-state index >= 15 is 0 Å². The Morgan fingerprint density at radius 1 is 1.58 bits per heavy atom. The molecule has 0 amide bonds. The highest BCUT2D eigenvalue weighted by molar-refractivity contribution is 5.92. The van der Waals surface area contributed by atoms with Gasteiger partial charge in [0.25, 0.3) is 0 Å². The number of carbonyl (C=O) groups excluding carboxylic acids is 1. The average Bonchev–Trinajstić information content (AvgIpc) is 2.94. The monoisotopic (exact) mass is 265 g/mol. The van der Waals surface area contributed by atoms with E-state index in [-0.39, 0.29) is 18.1 Å². The van der Waals surface area contributed by atoms with Crippen molar-refractivity contribution in [1.82, 2.24) is 19.7 Å². The van der Waals surface area contributed by atoms with E-state index in [4.69, 9.17) is 15.0 Å². The molecule has 0 aromatic carbocycles. The van der Waals surface area contributed by atoms with Gasteiger partial charge in [-0.1, -0.05) is 5.16 Å². The lowest BCUT2D eigenvalue weighted by Gasteiger charge is -2.03. The highest BCUT2D eigenvalue weighted by atomic mass is 16.5. The highest BCUT2D eigenvalue weighted by Crippen LogP contribution is 2.12. The van der Waals surface area contributed by atoms with Crippen LogP contribution < -0.4 is 5.73 Å². The molecule has 0 saturated carbocycles. The lowest BCUT2D eigenvalue weighted by atomic mass is 10.4. The van der Waals surface area contributed by atoms with Crippen LogP contribution in [0.1, 0.15) is 29.1 Å². The lowest BCUT2D eigenvalue weighted by Crippen LogP contribution is -2.10.